The van der Waals surface area contributed by atoms with Gasteiger partial charge in [-0.1, -0.05) is 6.92 Å². The lowest BCUT2D eigenvalue weighted by Crippen LogP contribution is -2.36. The van der Waals surface area contributed by atoms with E-state index in [-0.39, 0.29) is 0 Å². The van der Waals surface area contributed by atoms with Crippen LogP contribution < -0.4 is 4.90 Å². The Balaban J connectivity index is 2.09. The number of rotatable bonds is 3. The van der Waals surface area contributed by atoms with E-state index in [1.165, 1.54) is 6.42 Å². The molecule has 21 heavy (non-hydrogen) atoms. The molecule has 0 radical (unpaired) electrons. The van der Waals surface area contributed by atoms with Gasteiger partial charge in [0.2, 0.25) is 0 Å². The van der Waals surface area contributed by atoms with Gasteiger partial charge in [-0.3, -0.25) is 0 Å². The number of aryl methyl sites for hydroxylation is 2. The molecular formula is C17H24N2O2. The Morgan fingerprint density at radius 3 is 2.86 bits per heavy atom. The first-order valence-corrected chi connectivity index (χ1v) is 8.16. The Morgan fingerprint density at radius 2 is 2.14 bits per heavy atom. The molecule has 114 valence electrons. The van der Waals surface area contributed by atoms with E-state index in [9.17, 15) is 9.90 Å². The molecule has 0 aromatic carbocycles. The van der Waals surface area contributed by atoms with Crippen molar-refractivity contribution in [3.63, 3.8) is 0 Å². The number of fused-ring (bicyclic) bond motifs is 1. The fourth-order valence-electron chi connectivity index (χ4n) is 3.83. The molecule has 2 unspecified atom stereocenters. The third-order valence-electron chi connectivity index (χ3n) is 5.01. The highest BCUT2D eigenvalue weighted by molar-refractivity contribution is 5.94. The Hall–Kier alpha value is -1.58. The molecule has 1 N–H and O–H groups in total. The van der Waals surface area contributed by atoms with Crippen LogP contribution in [0.1, 0.15) is 67.6 Å². The van der Waals surface area contributed by atoms with E-state index in [4.69, 9.17) is 4.98 Å². The van der Waals surface area contributed by atoms with Crippen LogP contribution in [0.3, 0.4) is 0 Å². The van der Waals surface area contributed by atoms with Crippen LogP contribution >= 0.6 is 0 Å². The quantitative estimate of drug-likeness (QED) is 0.926. The summed E-state index contributed by atoms with van der Waals surface area (Å²) in [6.07, 6.45) is 7.56. The predicted octanol–water partition coefficient (Wildman–Crippen LogP) is 3.43. The number of anilines is 1. The van der Waals surface area contributed by atoms with Crippen molar-refractivity contribution in [2.45, 2.75) is 70.9 Å². The summed E-state index contributed by atoms with van der Waals surface area (Å²) in [5, 5.41) is 9.61. The number of carbonyl (C=O) groups is 1. The first-order valence-electron chi connectivity index (χ1n) is 8.16. The molecule has 1 aliphatic carbocycles. The molecule has 0 saturated carbocycles. The highest BCUT2D eigenvalue weighted by Gasteiger charge is 2.33. The summed E-state index contributed by atoms with van der Waals surface area (Å²) >= 11 is 0. The minimum atomic E-state index is -0.847. The van der Waals surface area contributed by atoms with Crippen LogP contribution in [0.2, 0.25) is 0 Å². The van der Waals surface area contributed by atoms with Gasteiger partial charge in [-0.2, -0.15) is 0 Å². The summed E-state index contributed by atoms with van der Waals surface area (Å²) in [5.74, 6) is -0.139. The van der Waals surface area contributed by atoms with Crippen molar-refractivity contribution >= 4 is 11.8 Å². The summed E-state index contributed by atoms with van der Waals surface area (Å²) in [6.45, 7) is 4.36. The maximum Gasteiger partial charge on any atom is 0.339 e. The van der Waals surface area contributed by atoms with E-state index in [1.54, 1.807) is 0 Å². The van der Waals surface area contributed by atoms with Gasteiger partial charge in [-0.15, -0.1) is 0 Å². The highest BCUT2D eigenvalue weighted by atomic mass is 16.4. The van der Waals surface area contributed by atoms with Gasteiger partial charge in [-0.25, -0.2) is 9.78 Å². The SMILES string of the molecule is CCC1CCC(C)N1c1nc2c(cc1C(=O)O)CCCC2. The van der Waals surface area contributed by atoms with Crippen molar-refractivity contribution in [3.8, 4) is 0 Å². The third kappa shape index (κ3) is 2.52. The number of aromatic carboxylic acids is 1. The molecule has 4 heteroatoms. The minimum absolute atomic E-state index is 0.377. The van der Waals surface area contributed by atoms with Gasteiger partial charge >= 0.3 is 5.97 Å². The van der Waals surface area contributed by atoms with Gasteiger partial charge in [-0.05, 0) is 63.5 Å². The zero-order chi connectivity index (χ0) is 15.0. The van der Waals surface area contributed by atoms with E-state index in [1.807, 2.05) is 6.07 Å². The van der Waals surface area contributed by atoms with Crippen LogP contribution in [0.25, 0.3) is 0 Å². The number of hydrogen-bond donors (Lipinski definition) is 1. The molecular weight excluding hydrogens is 264 g/mol. The van der Waals surface area contributed by atoms with E-state index >= 15 is 0 Å². The van der Waals surface area contributed by atoms with Crippen LogP contribution in [0.15, 0.2) is 6.07 Å². The number of carboxylic acid groups (broad SMARTS) is 1. The van der Waals surface area contributed by atoms with Crippen molar-refractivity contribution < 1.29 is 9.90 Å². The lowest BCUT2D eigenvalue weighted by Gasteiger charge is -2.31. The molecule has 1 aliphatic heterocycles. The molecule has 1 aromatic heterocycles. The largest absolute Gasteiger partial charge is 0.478 e. The molecule has 1 aromatic rings. The van der Waals surface area contributed by atoms with Crippen LogP contribution in [-0.2, 0) is 12.8 Å². The fraction of sp³-hybridized carbons (Fsp3) is 0.647. The minimum Gasteiger partial charge on any atom is -0.478 e. The first kappa shape index (κ1) is 14.4. The number of carboxylic acids is 1. The molecule has 1 fully saturated rings. The summed E-state index contributed by atoms with van der Waals surface area (Å²) in [7, 11) is 0. The second-order valence-corrected chi connectivity index (χ2v) is 6.37. The molecule has 2 atom stereocenters. The van der Waals surface area contributed by atoms with Crippen LogP contribution in [0.4, 0.5) is 5.82 Å². The number of aromatic nitrogens is 1. The molecule has 2 heterocycles. The van der Waals surface area contributed by atoms with E-state index < -0.39 is 5.97 Å². The molecule has 0 amide bonds. The topological polar surface area (TPSA) is 53.4 Å². The predicted molar refractivity (Wildman–Crippen MR) is 83.1 cm³/mol. The van der Waals surface area contributed by atoms with Crippen LogP contribution in [-0.4, -0.2) is 28.1 Å². The number of nitrogens with zero attached hydrogens (tertiary/aromatic N) is 2. The first-order chi connectivity index (χ1) is 10.1. The summed E-state index contributed by atoms with van der Waals surface area (Å²) in [5.41, 5.74) is 2.65. The van der Waals surface area contributed by atoms with Gasteiger partial charge in [0.1, 0.15) is 11.4 Å². The van der Waals surface area contributed by atoms with Crippen molar-refractivity contribution in [2.24, 2.45) is 0 Å². The van der Waals surface area contributed by atoms with E-state index in [2.05, 4.69) is 18.7 Å². The Bertz CT molecular complexity index is 556. The zero-order valence-electron chi connectivity index (χ0n) is 12.9. The Morgan fingerprint density at radius 1 is 1.38 bits per heavy atom. The second-order valence-electron chi connectivity index (χ2n) is 6.37. The molecule has 0 spiro atoms. The summed E-state index contributed by atoms with van der Waals surface area (Å²) in [4.78, 5) is 18.8. The monoisotopic (exact) mass is 288 g/mol. The lowest BCUT2D eigenvalue weighted by molar-refractivity contribution is 0.0697. The zero-order valence-corrected chi connectivity index (χ0v) is 12.9. The van der Waals surface area contributed by atoms with E-state index in [0.717, 1.165) is 49.8 Å². The normalized spacial score (nSPS) is 25.0. The van der Waals surface area contributed by atoms with Crippen LogP contribution in [0.5, 0.6) is 0 Å². The fourth-order valence-corrected chi connectivity index (χ4v) is 3.83. The highest BCUT2D eigenvalue weighted by Crippen LogP contribution is 2.35. The maximum absolute atomic E-state index is 11.7. The van der Waals surface area contributed by atoms with Crippen molar-refractivity contribution in [1.29, 1.82) is 0 Å². The van der Waals surface area contributed by atoms with Gasteiger partial charge in [0.25, 0.3) is 0 Å². The molecule has 1 saturated heterocycles. The van der Waals surface area contributed by atoms with Gasteiger partial charge in [0.05, 0.1) is 0 Å². The summed E-state index contributed by atoms with van der Waals surface area (Å²) < 4.78 is 0. The standard InChI is InChI=1S/C17H24N2O2/c1-3-13-9-8-11(2)19(13)16-14(17(20)21)10-12-6-4-5-7-15(12)18-16/h10-11,13H,3-9H2,1-2H3,(H,20,21). The van der Waals surface area contributed by atoms with Crippen LogP contribution in [0, 0.1) is 0 Å². The smallest absolute Gasteiger partial charge is 0.339 e. The maximum atomic E-state index is 11.7. The average Bonchev–Trinajstić information content (AvgIpc) is 2.86. The van der Waals surface area contributed by atoms with Crippen molar-refractivity contribution in [1.82, 2.24) is 4.98 Å². The van der Waals surface area contributed by atoms with E-state index in [0.29, 0.717) is 23.5 Å². The van der Waals surface area contributed by atoms with Crippen molar-refractivity contribution in [3.05, 3.63) is 22.9 Å². The molecule has 0 bridgehead atoms. The van der Waals surface area contributed by atoms with Gasteiger partial charge < -0.3 is 10.0 Å². The lowest BCUT2D eigenvalue weighted by atomic mass is 9.94. The number of hydrogen-bond acceptors (Lipinski definition) is 3. The summed E-state index contributed by atoms with van der Waals surface area (Å²) in [6, 6.07) is 2.69. The molecule has 4 nitrogen and oxygen atoms in total. The molecule has 3 rings (SSSR count). The third-order valence-corrected chi connectivity index (χ3v) is 5.01. The Labute approximate surface area is 126 Å². The average molecular weight is 288 g/mol. The number of pyridine rings is 1. The Kier molecular flexibility index (Phi) is 3.87. The molecule has 2 aliphatic rings. The second kappa shape index (κ2) is 5.66. The van der Waals surface area contributed by atoms with Gasteiger partial charge in [0, 0.05) is 17.8 Å². The van der Waals surface area contributed by atoms with Crippen molar-refractivity contribution in [2.75, 3.05) is 4.90 Å². The van der Waals surface area contributed by atoms with Gasteiger partial charge in [0.15, 0.2) is 0 Å².